The lowest BCUT2D eigenvalue weighted by Gasteiger charge is -2.43. The van der Waals surface area contributed by atoms with E-state index < -0.39 is 6.04 Å². The number of nitrogens with one attached hydrogen (secondary N) is 1. The van der Waals surface area contributed by atoms with Crippen molar-refractivity contribution in [3.8, 4) is 0 Å². The van der Waals surface area contributed by atoms with Crippen LogP contribution >= 0.6 is 0 Å². The monoisotopic (exact) mass is 286 g/mol. The zero-order chi connectivity index (χ0) is 15.0. The highest BCUT2D eigenvalue weighted by Gasteiger charge is 2.54. The van der Waals surface area contributed by atoms with Crippen LogP contribution in [0.15, 0.2) is 30.3 Å². The van der Waals surface area contributed by atoms with Gasteiger partial charge in [0.2, 0.25) is 11.8 Å². The van der Waals surface area contributed by atoms with Crippen molar-refractivity contribution in [2.45, 2.75) is 57.2 Å². The van der Waals surface area contributed by atoms with Gasteiger partial charge < -0.3 is 10.2 Å². The Morgan fingerprint density at radius 3 is 2.48 bits per heavy atom. The summed E-state index contributed by atoms with van der Waals surface area (Å²) in [6.45, 7) is 4.12. The highest BCUT2D eigenvalue weighted by Crippen LogP contribution is 2.47. The molecule has 0 radical (unpaired) electrons. The summed E-state index contributed by atoms with van der Waals surface area (Å²) in [5.74, 6) is 0.0256. The van der Waals surface area contributed by atoms with Crippen molar-refractivity contribution in [2.75, 3.05) is 0 Å². The Labute approximate surface area is 125 Å². The van der Waals surface area contributed by atoms with Crippen LogP contribution in [0.5, 0.6) is 0 Å². The van der Waals surface area contributed by atoms with E-state index in [1.807, 2.05) is 42.2 Å². The Bertz CT molecular complexity index is 551. The van der Waals surface area contributed by atoms with Crippen LogP contribution in [-0.4, -0.2) is 28.3 Å². The maximum atomic E-state index is 12.8. The fourth-order valence-electron chi connectivity index (χ4n) is 3.14. The van der Waals surface area contributed by atoms with Crippen LogP contribution in [0.4, 0.5) is 0 Å². The van der Waals surface area contributed by atoms with E-state index in [2.05, 4.69) is 12.2 Å². The van der Waals surface area contributed by atoms with E-state index in [0.29, 0.717) is 6.42 Å². The molecule has 2 unspecified atom stereocenters. The summed E-state index contributed by atoms with van der Waals surface area (Å²) < 4.78 is 0. The van der Waals surface area contributed by atoms with Crippen LogP contribution < -0.4 is 5.32 Å². The number of amides is 2. The minimum Gasteiger partial charge on any atom is -0.342 e. The average molecular weight is 286 g/mol. The molecule has 112 valence electrons. The lowest BCUT2D eigenvalue weighted by Crippen LogP contribution is -2.62. The zero-order valence-corrected chi connectivity index (χ0v) is 12.6. The molecule has 1 aliphatic heterocycles. The number of carbonyl (C=O) groups excluding carboxylic acids is 2. The second-order valence-electron chi connectivity index (χ2n) is 6.37. The highest BCUT2D eigenvalue weighted by atomic mass is 16.2. The predicted octanol–water partition coefficient (Wildman–Crippen LogP) is 2.41. The van der Waals surface area contributed by atoms with Crippen LogP contribution in [0.2, 0.25) is 0 Å². The maximum absolute atomic E-state index is 12.8. The third-order valence-electron chi connectivity index (χ3n) is 4.61. The zero-order valence-electron chi connectivity index (χ0n) is 12.6. The number of piperazine rings is 1. The fourth-order valence-corrected chi connectivity index (χ4v) is 3.14. The molecule has 1 saturated heterocycles. The van der Waals surface area contributed by atoms with Gasteiger partial charge in [-0.05, 0) is 31.7 Å². The molecule has 2 atom stereocenters. The average Bonchev–Trinajstić information content (AvgIpc) is 3.22. The summed E-state index contributed by atoms with van der Waals surface area (Å²) >= 11 is 0. The molecule has 3 rings (SSSR count). The molecule has 1 heterocycles. The minimum absolute atomic E-state index is 0.0487. The molecule has 0 bridgehead atoms. The smallest absolute Gasteiger partial charge is 0.248 e. The number of nitrogens with zero attached hydrogens (tertiary/aromatic N) is 1. The molecule has 4 nitrogen and oxygen atoms in total. The Hall–Kier alpha value is -1.84. The molecule has 4 heteroatoms. The van der Waals surface area contributed by atoms with Gasteiger partial charge in [0.25, 0.3) is 0 Å². The van der Waals surface area contributed by atoms with Gasteiger partial charge in [0.1, 0.15) is 12.1 Å². The maximum Gasteiger partial charge on any atom is 0.248 e. The first kappa shape index (κ1) is 14.1. The third-order valence-corrected chi connectivity index (χ3v) is 4.61. The summed E-state index contributed by atoms with van der Waals surface area (Å²) in [6, 6.07) is 8.76. The van der Waals surface area contributed by atoms with Crippen molar-refractivity contribution in [3.05, 3.63) is 35.9 Å². The predicted molar refractivity (Wildman–Crippen MR) is 80.5 cm³/mol. The molecular formula is C17H22N2O2. The Morgan fingerprint density at radius 1 is 1.24 bits per heavy atom. The van der Waals surface area contributed by atoms with E-state index in [-0.39, 0.29) is 23.4 Å². The Balaban J connectivity index is 1.98. The van der Waals surface area contributed by atoms with Gasteiger partial charge in [-0.1, -0.05) is 43.7 Å². The topological polar surface area (TPSA) is 49.4 Å². The summed E-state index contributed by atoms with van der Waals surface area (Å²) in [5.41, 5.74) is 0.743. The van der Waals surface area contributed by atoms with Crippen molar-refractivity contribution >= 4 is 11.8 Å². The summed E-state index contributed by atoms with van der Waals surface area (Å²) in [5, 5.41) is 2.92. The first-order chi connectivity index (χ1) is 10.1. The summed E-state index contributed by atoms with van der Waals surface area (Å²) in [7, 11) is 0. The number of hydrogen-bond acceptors (Lipinski definition) is 2. The van der Waals surface area contributed by atoms with Crippen LogP contribution in [0.1, 0.15) is 51.1 Å². The molecule has 1 aliphatic carbocycles. The van der Waals surface area contributed by atoms with Crippen LogP contribution in [0.3, 0.4) is 0 Å². The van der Waals surface area contributed by atoms with E-state index in [0.717, 1.165) is 24.8 Å². The normalized spacial score (nSPS) is 27.4. The van der Waals surface area contributed by atoms with E-state index in [4.69, 9.17) is 0 Å². The Kier molecular flexibility index (Phi) is 3.47. The Morgan fingerprint density at radius 2 is 1.90 bits per heavy atom. The molecule has 2 amide bonds. The molecule has 1 aromatic carbocycles. The van der Waals surface area contributed by atoms with Crippen molar-refractivity contribution < 1.29 is 9.59 Å². The number of rotatable bonds is 4. The van der Waals surface area contributed by atoms with Gasteiger partial charge in [0, 0.05) is 5.54 Å². The van der Waals surface area contributed by atoms with Crippen molar-refractivity contribution in [1.29, 1.82) is 0 Å². The van der Waals surface area contributed by atoms with Gasteiger partial charge in [-0.2, -0.15) is 0 Å². The van der Waals surface area contributed by atoms with Gasteiger partial charge >= 0.3 is 0 Å². The van der Waals surface area contributed by atoms with Gasteiger partial charge in [0.05, 0.1) is 0 Å². The van der Waals surface area contributed by atoms with Gasteiger partial charge in [0.15, 0.2) is 0 Å². The second kappa shape index (κ2) is 5.17. The molecule has 21 heavy (non-hydrogen) atoms. The van der Waals surface area contributed by atoms with E-state index in [1.54, 1.807) is 0 Å². The largest absolute Gasteiger partial charge is 0.342 e. The van der Waals surface area contributed by atoms with Crippen LogP contribution in [0, 0.1) is 0 Å². The molecule has 2 aliphatic rings. The lowest BCUT2D eigenvalue weighted by atomic mass is 9.95. The molecule has 1 aromatic rings. The molecule has 1 saturated carbocycles. The van der Waals surface area contributed by atoms with Gasteiger partial charge in [-0.3, -0.25) is 9.59 Å². The number of benzene rings is 1. The molecule has 1 N–H and O–H groups in total. The highest BCUT2D eigenvalue weighted by molar-refractivity contribution is 5.98. The third kappa shape index (κ3) is 2.43. The van der Waals surface area contributed by atoms with Gasteiger partial charge in [-0.15, -0.1) is 0 Å². The molecule has 0 aromatic heterocycles. The van der Waals surface area contributed by atoms with E-state index in [9.17, 15) is 9.59 Å². The SMILES string of the molecule is CCCC1NC(=O)C(c2ccccc2)N(C2(C)CC2)C1=O. The number of carbonyl (C=O) groups is 2. The van der Waals surface area contributed by atoms with E-state index in [1.165, 1.54) is 0 Å². The van der Waals surface area contributed by atoms with Crippen LogP contribution in [0.25, 0.3) is 0 Å². The fraction of sp³-hybridized carbons (Fsp3) is 0.529. The quantitative estimate of drug-likeness (QED) is 0.924. The van der Waals surface area contributed by atoms with Gasteiger partial charge in [-0.25, -0.2) is 0 Å². The minimum atomic E-state index is -0.487. The first-order valence-corrected chi connectivity index (χ1v) is 7.75. The lowest BCUT2D eigenvalue weighted by molar-refractivity contribution is -0.153. The standard InChI is InChI=1S/C17H22N2O2/c1-3-7-13-16(21)19(17(2)10-11-17)14(15(20)18-13)12-8-5-4-6-9-12/h4-6,8-9,13-14H,3,7,10-11H2,1-2H3,(H,18,20). The first-order valence-electron chi connectivity index (χ1n) is 7.75. The van der Waals surface area contributed by atoms with Crippen molar-refractivity contribution in [2.24, 2.45) is 0 Å². The molecule has 2 fully saturated rings. The second-order valence-corrected chi connectivity index (χ2v) is 6.37. The number of hydrogen-bond donors (Lipinski definition) is 1. The van der Waals surface area contributed by atoms with Crippen molar-refractivity contribution in [3.63, 3.8) is 0 Å². The summed E-state index contributed by atoms with van der Waals surface area (Å²) in [6.07, 6.45) is 3.55. The van der Waals surface area contributed by atoms with Crippen LogP contribution in [-0.2, 0) is 9.59 Å². The molecule has 0 spiro atoms. The van der Waals surface area contributed by atoms with E-state index >= 15 is 0 Å². The molecular weight excluding hydrogens is 264 g/mol. The van der Waals surface area contributed by atoms with Crippen molar-refractivity contribution in [1.82, 2.24) is 10.2 Å². The summed E-state index contributed by atoms with van der Waals surface area (Å²) in [4.78, 5) is 27.3.